The largest absolute Gasteiger partial charge is 0.382 e. The molecule has 0 spiro atoms. The molecule has 6 heteroatoms. The summed E-state index contributed by atoms with van der Waals surface area (Å²) in [6.45, 7) is 7.35. The fourth-order valence-electron chi connectivity index (χ4n) is 2.16. The summed E-state index contributed by atoms with van der Waals surface area (Å²) in [6.07, 6.45) is 3.12. The number of guanidine groups is 1. The molecule has 0 aliphatic rings. The van der Waals surface area contributed by atoms with Crippen molar-refractivity contribution in [2.75, 3.05) is 40.5 Å². The van der Waals surface area contributed by atoms with E-state index in [1.807, 2.05) is 18.4 Å². The molecule has 0 saturated heterocycles. The molecule has 1 heterocycles. The highest BCUT2D eigenvalue weighted by Gasteiger charge is 2.07. The Morgan fingerprint density at radius 3 is 2.74 bits per heavy atom. The smallest absolute Gasteiger partial charge is 0.191 e. The predicted octanol–water partition coefficient (Wildman–Crippen LogP) is 2.60. The third-order valence-corrected chi connectivity index (χ3v) is 4.37. The zero-order chi connectivity index (χ0) is 16.9. The topological polar surface area (TPSA) is 54.9 Å². The van der Waals surface area contributed by atoms with Crippen LogP contribution in [0.5, 0.6) is 0 Å². The Labute approximate surface area is 144 Å². The molecule has 0 bridgehead atoms. The Hall–Kier alpha value is -1.11. The number of thiophene rings is 1. The first-order valence-electron chi connectivity index (χ1n) is 8.25. The van der Waals surface area contributed by atoms with E-state index in [0.29, 0.717) is 19.3 Å². The highest BCUT2D eigenvalue weighted by molar-refractivity contribution is 7.11. The first kappa shape index (κ1) is 19.9. The molecule has 0 aliphatic carbocycles. The van der Waals surface area contributed by atoms with Gasteiger partial charge in [0.15, 0.2) is 5.96 Å². The quantitative estimate of drug-likeness (QED) is 0.369. The van der Waals surface area contributed by atoms with Gasteiger partial charge in [-0.25, -0.2) is 0 Å². The summed E-state index contributed by atoms with van der Waals surface area (Å²) in [4.78, 5) is 7.06. The van der Waals surface area contributed by atoms with E-state index >= 15 is 0 Å². The Balaban J connectivity index is 2.11. The average Bonchev–Trinajstić information content (AvgIpc) is 2.93. The van der Waals surface area contributed by atoms with Gasteiger partial charge in [0.05, 0.1) is 13.2 Å². The minimum absolute atomic E-state index is 0.358. The molecule has 0 fully saturated rings. The van der Waals surface area contributed by atoms with Crippen molar-refractivity contribution in [3.05, 3.63) is 21.9 Å². The molecular weight excluding hydrogens is 310 g/mol. The summed E-state index contributed by atoms with van der Waals surface area (Å²) in [6, 6.07) is 4.74. The van der Waals surface area contributed by atoms with Gasteiger partial charge in [-0.2, -0.15) is 0 Å². The number of aliphatic imine (C=N–C) groups is 1. The number of ether oxygens (including phenoxy) is 2. The lowest BCUT2D eigenvalue weighted by Crippen LogP contribution is -2.43. The van der Waals surface area contributed by atoms with Crippen LogP contribution in [0, 0.1) is 6.92 Å². The third kappa shape index (κ3) is 9.58. The number of nitrogens with zero attached hydrogens (tertiary/aromatic N) is 1. The van der Waals surface area contributed by atoms with Gasteiger partial charge in [-0.05, 0) is 38.8 Å². The normalized spacial score (nSPS) is 13.1. The Bertz CT molecular complexity index is 449. The van der Waals surface area contributed by atoms with Gasteiger partial charge in [-0.3, -0.25) is 4.99 Å². The molecule has 0 amide bonds. The standard InChI is InChI=1S/C17H31N3O2S/c1-14(13-16-8-7-15(2)23-16)20-17(18-3)19-9-5-6-10-22-12-11-21-4/h7-8,14H,5-6,9-13H2,1-4H3,(H2,18,19,20). The van der Waals surface area contributed by atoms with Crippen molar-refractivity contribution in [2.45, 2.75) is 39.2 Å². The van der Waals surface area contributed by atoms with Crippen molar-refractivity contribution in [2.24, 2.45) is 4.99 Å². The predicted molar refractivity (Wildman–Crippen MR) is 98.6 cm³/mol. The summed E-state index contributed by atoms with van der Waals surface area (Å²) < 4.78 is 10.4. The van der Waals surface area contributed by atoms with Gasteiger partial charge in [-0.15, -0.1) is 11.3 Å². The van der Waals surface area contributed by atoms with Crippen molar-refractivity contribution >= 4 is 17.3 Å². The van der Waals surface area contributed by atoms with Crippen LogP contribution in [-0.4, -0.2) is 52.5 Å². The van der Waals surface area contributed by atoms with Crippen LogP contribution >= 0.6 is 11.3 Å². The molecule has 2 N–H and O–H groups in total. The zero-order valence-electron chi connectivity index (χ0n) is 14.9. The Morgan fingerprint density at radius 2 is 2.09 bits per heavy atom. The summed E-state index contributed by atoms with van der Waals surface area (Å²) in [7, 11) is 3.50. The van der Waals surface area contributed by atoms with E-state index in [1.165, 1.54) is 9.75 Å². The van der Waals surface area contributed by atoms with Gasteiger partial charge < -0.3 is 20.1 Å². The first-order valence-corrected chi connectivity index (χ1v) is 9.06. The van der Waals surface area contributed by atoms with Gasteiger partial charge in [0.2, 0.25) is 0 Å². The number of nitrogens with one attached hydrogen (secondary N) is 2. The van der Waals surface area contributed by atoms with Gasteiger partial charge >= 0.3 is 0 Å². The lowest BCUT2D eigenvalue weighted by atomic mass is 10.2. The highest BCUT2D eigenvalue weighted by Crippen LogP contribution is 2.16. The van der Waals surface area contributed by atoms with E-state index in [1.54, 1.807) is 7.11 Å². The van der Waals surface area contributed by atoms with Gasteiger partial charge in [0.1, 0.15) is 0 Å². The first-order chi connectivity index (χ1) is 11.2. The number of hydrogen-bond donors (Lipinski definition) is 2. The number of rotatable bonds is 11. The van der Waals surface area contributed by atoms with Crippen LogP contribution in [0.1, 0.15) is 29.5 Å². The van der Waals surface area contributed by atoms with E-state index in [0.717, 1.165) is 38.4 Å². The minimum atomic E-state index is 0.358. The third-order valence-electron chi connectivity index (χ3n) is 3.35. The molecule has 0 saturated carbocycles. The van der Waals surface area contributed by atoms with E-state index < -0.39 is 0 Å². The fraction of sp³-hybridized carbons (Fsp3) is 0.706. The number of aryl methyl sites for hydroxylation is 1. The molecule has 132 valence electrons. The van der Waals surface area contributed by atoms with Crippen LogP contribution in [-0.2, 0) is 15.9 Å². The minimum Gasteiger partial charge on any atom is -0.382 e. The van der Waals surface area contributed by atoms with Crippen molar-refractivity contribution in [3.8, 4) is 0 Å². The van der Waals surface area contributed by atoms with Crippen LogP contribution in [0.4, 0.5) is 0 Å². The second kappa shape index (κ2) is 12.3. The molecule has 1 aromatic rings. The highest BCUT2D eigenvalue weighted by atomic mass is 32.1. The molecule has 0 radical (unpaired) electrons. The van der Waals surface area contributed by atoms with Crippen molar-refractivity contribution in [1.29, 1.82) is 0 Å². The monoisotopic (exact) mass is 341 g/mol. The van der Waals surface area contributed by atoms with E-state index in [4.69, 9.17) is 9.47 Å². The molecule has 1 unspecified atom stereocenters. The van der Waals surface area contributed by atoms with Crippen molar-refractivity contribution in [3.63, 3.8) is 0 Å². The molecule has 23 heavy (non-hydrogen) atoms. The molecule has 5 nitrogen and oxygen atoms in total. The van der Waals surface area contributed by atoms with E-state index in [-0.39, 0.29) is 0 Å². The van der Waals surface area contributed by atoms with Gasteiger partial charge in [0.25, 0.3) is 0 Å². The molecular formula is C17H31N3O2S. The second-order valence-corrected chi connectivity index (χ2v) is 6.95. The average molecular weight is 342 g/mol. The summed E-state index contributed by atoms with van der Waals surface area (Å²) >= 11 is 1.86. The van der Waals surface area contributed by atoms with Gasteiger partial charge in [0, 0.05) is 49.5 Å². The van der Waals surface area contributed by atoms with Crippen LogP contribution in [0.3, 0.4) is 0 Å². The molecule has 1 atom stereocenters. The lowest BCUT2D eigenvalue weighted by molar-refractivity contribution is 0.0689. The maximum atomic E-state index is 5.44. The van der Waals surface area contributed by atoms with E-state index in [2.05, 4.69) is 41.6 Å². The summed E-state index contributed by atoms with van der Waals surface area (Å²) in [5.74, 6) is 0.867. The Morgan fingerprint density at radius 1 is 1.26 bits per heavy atom. The molecule has 1 aromatic heterocycles. The van der Waals surface area contributed by atoms with Crippen LogP contribution in [0.2, 0.25) is 0 Å². The maximum absolute atomic E-state index is 5.44. The lowest BCUT2D eigenvalue weighted by Gasteiger charge is -2.17. The fourth-order valence-corrected chi connectivity index (χ4v) is 3.17. The van der Waals surface area contributed by atoms with Crippen molar-refractivity contribution < 1.29 is 9.47 Å². The number of methoxy groups -OCH3 is 1. The van der Waals surface area contributed by atoms with Crippen LogP contribution in [0.15, 0.2) is 17.1 Å². The van der Waals surface area contributed by atoms with Crippen LogP contribution < -0.4 is 10.6 Å². The Kier molecular flexibility index (Phi) is 10.7. The van der Waals surface area contributed by atoms with Crippen molar-refractivity contribution in [1.82, 2.24) is 10.6 Å². The van der Waals surface area contributed by atoms with E-state index in [9.17, 15) is 0 Å². The van der Waals surface area contributed by atoms with Crippen LogP contribution in [0.25, 0.3) is 0 Å². The molecule has 1 rings (SSSR count). The zero-order valence-corrected chi connectivity index (χ0v) is 15.7. The summed E-state index contributed by atoms with van der Waals surface area (Å²) in [5.41, 5.74) is 0. The second-order valence-electron chi connectivity index (χ2n) is 5.57. The summed E-state index contributed by atoms with van der Waals surface area (Å²) in [5, 5.41) is 6.80. The SMILES string of the molecule is CN=C(NCCCCOCCOC)NC(C)Cc1ccc(C)s1. The number of hydrogen-bond acceptors (Lipinski definition) is 4. The maximum Gasteiger partial charge on any atom is 0.191 e. The number of unbranched alkanes of at least 4 members (excludes halogenated alkanes) is 1. The molecule has 0 aromatic carbocycles. The molecule has 0 aliphatic heterocycles. The van der Waals surface area contributed by atoms with Gasteiger partial charge in [-0.1, -0.05) is 0 Å².